The predicted molar refractivity (Wildman–Crippen MR) is 106 cm³/mol. The van der Waals surface area contributed by atoms with Gasteiger partial charge >= 0.3 is 6.03 Å². The molecule has 2 N–H and O–H groups in total. The first kappa shape index (κ1) is 18.2. The van der Waals surface area contributed by atoms with E-state index >= 15 is 0 Å². The first-order valence-electron chi connectivity index (χ1n) is 9.57. The average molecular weight is 377 g/mol. The Bertz CT molecular complexity index is 985. The molecule has 6 nitrogen and oxygen atoms in total. The number of urea groups is 1. The second-order valence-electron chi connectivity index (χ2n) is 7.39. The summed E-state index contributed by atoms with van der Waals surface area (Å²) in [5.41, 5.74) is 3.59. The molecule has 1 aliphatic heterocycles. The van der Waals surface area contributed by atoms with Gasteiger partial charge in [0.2, 0.25) is 5.91 Å². The number of fused-ring (bicyclic) bond motifs is 2. The molecule has 1 aliphatic carbocycles. The second kappa shape index (κ2) is 6.78. The topological polar surface area (TPSA) is 78.5 Å². The average Bonchev–Trinajstić information content (AvgIpc) is 3.17. The van der Waals surface area contributed by atoms with E-state index in [1.807, 2.05) is 56.3 Å². The van der Waals surface area contributed by atoms with Gasteiger partial charge in [0.05, 0.1) is 0 Å². The van der Waals surface area contributed by atoms with Gasteiger partial charge in [0.15, 0.2) is 0 Å². The summed E-state index contributed by atoms with van der Waals surface area (Å²) in [4.78, 5) is 39.4. The maximum Gasteiger partial charge on any atom is 0.325 e. The van der Waals surface area contributed by atoms with E-state index in [0.717, 1.165) is 45.7 Å². The van der Waals surface area contributed by atoms with Gasteiger partial charge < -0.3 is 10.6 Å². The molecule has 2 aromatic rings. The van der Waals surface area contributed by atoms with E-state index in [4.69, 9.17) is 0 Å². The quantitative estimate of drug-likeness (QED) is 0.804. The van der Waals surface area contributed by atoms with Gasteiger partial charge in [0.25, 0.3) is 5.91 Å². The maximum absolute atomic E-state index is 13.1. The molecule has 144 valence electrons. The number of anilines is 1. The number of nitrogens with zero attached hydrogens (tertiary/aromatic N) is 1. The van der Waals surface area contributed by atoms with Crippen LogP contribution in [0.4, 0.5) is 10.5 Å². The summed E-state index contributed by atoms with van der Waals surface area (Å²) in [7, 11) is 0. The molecule has 2 aromatic carbocycles. The van der Waals surface area contributed by atoms with Crippen molar-refractivity contribution in [3.8, 4) is 0 Å². The molecule has 4 amide bonds. The number of rotatable bonds is 4. The summed E-state index contributed by atoms with van der Waals surface area (Å²) in [5, 5.41) is 5.73. The zero-order valence-electron chi connectivity index (χ0n) is 16.0. The normalized spacial score (nSPS) is 20.4. The fraction of sp³-hybridized carbons (Fsp3) is 0.318. The van der Waals surface area contributed by atoms with Crippen LogP contribution in [-0.2, 0) is 28.0 Å². The minimum absolute atomic E-state index is 0.300. The van der Waals surface area contributed by atoms with Gasteiger partial charge in [-0.15, -0.1) is 0 Å². The van der Waals surface area contributed by atoms with Crippen molar-refractivity contribution in [2.45, 2.75) is 38.6 Å². The lowest BCUT2D eigenvalue weighted by molar-refractivity contribution is -0.134. The molecule has 0 radical (unpaired) electrons. The van der Waals surface area contributed by atoms with Gasteiger partial charge in [-0.3, -0.25) is 14.5 Å². The van der Waals surface area contributed by atoms with E-state index in [-0.39, 0.29) is 18.4 Å². The molecule has 1 heterocycles. The van der Waals surface area contributed by atoms with E-state index in [2.05, 4.69) is 10.6 Å². The fourth-order valence-corrected chi connectivity index (χ4v) is 4.26. The SMILES string of the molecule is CCc1cccc(C)c1NC(=O)CN1C(=O)N[C@@]2(CCc3ccccc32)C1=O. The Balaban J connectivity index is 1.55. The first-order valence-corrected chi connectivity index (χ1v) is 9.57. The van der Waals surface area contributed by atoms with Crippen molar-refractivity contribution in [1.82, 2.24) is 10.2 Å². The van der Waals surface area contributed by atoms with Crippen molar-refractivity contribution in [2.75, 3.05) is 11.9 Å². The van der Waals surface area contributed by atoms with E-state index in [0.29, 0.717) is 6.42 Å². The Labute approximate surface area is 163 Å². The fourth-order valence-electron chi connectivity index (χ4n) is 4.26. The molecule has 6 heteroatoms. The molecule has 0 bridgehead atoms. The Morgan fingerprint density at radius 1 is 1.18 bits per heavy atom. The Morgan fingerprint density at radius 3 is 2.75 bits per heavy atom. The van der Waals surface area contributed by atoms with Crippen molar-refractivity contribution in [3.05, 3.63) is 64.7 Å². The molecular weight excluding hydrogens is 354 g/mol. The number of benzene rings is 2. The third-order valence-electron chi connectivity index (χ3n) is 5.73. The Hall–Kier alpha value is -3.15. The number of para-hydroxylation sites is 1. The smallest absolute Gasteiger partial charge is 0.324 e. The van der Waals surface area contributed by atoms with Crippen LogP contribution in [0.2, 0.25) is 0 Å². The van der Waals surface area contributed by atoms with Crippen LogP contribution in [-0.4, -0.2) is 29.3 Å². The van der Waals surface area contributed by atoms with Crippen LogP contribution in [0, 0.1) is 6.92 Å². The number of amides is 4. The zero-order valence-corrected chi connectivity index (χ0v) is 16.0. The van der Waals surface area contributed by atoms with Gasteiger partial charge in [0.1, 0.15) is 12.1 Å². The monoisotopic (exact) mass is 377 g/mol. The summed E-state index contributed by atoms with van der Waals surface area (Å²) < 4.78 is 0. The standard InChI is InChI=1S/C22H23N3O3/c1-3-15-9-6-7-14(2)19(15)23-18(26)13-25-20(27)22(24-21(25)28)12-11-16-8-4-5-10-17(16)22/h4-10H,3,11-13H2,1-2H3,(H,23,26)(H,24,28)/t22-/m1/s1. The highest BCUT2D eigenvalue weighted by Gasteiger charge is 2.55. The van der Waals surface area contributed by atoms with Crippen molar-refractivity contribution in [1.29, 1.82) is 0 Å². The van der Waals surface area contributed by atoms with Crippen LogP contribution in [0.3, 0.4) is 0 Å². The van der Waals surface area contributed by atoms with E-state index in [1.54, 1.807) is 0 Å². The molecule has 0 saturated carbocycles. The summed E-state index contributed by atoms with van der Waals surface area (Å²) in [6.45, 7) is 3.64. The molecule has 28 heavy (non-hydrogen) atoms. The lowest BCUT2D eigenvalue weighted by Crippen LogP contribution is -2.43. The molecule has 0 unspecified atom stereocenters. The van der Waals surface area contributed by atoms with Crippen molar-refractivity contribution < 1.29 is 14.4 Å². The summed E-state index contributed by atoms with van der Waals surface area (Å²) >= 11 is 0. The van der Waals surface area contributed by atoms with E-state index in [9.17, 15) is 14.4 Å². The number of nitrogens with one attached hydrogen (secondary N) is 2. The van der Waals surface area contributed by atoms with Crippen molar-refractivity contribution >= 4 is 23.5 Å². The number of aryl methyl sites for hydroxylation is 3. The molecule has 0 aromatic heterocycles. The minimum Gasteiger partial charge on any atom is -0.324 e. The van der Waals surface area contributed by atoms with E-state index in [1.165, 1.54) is 0 Å². The van der Waals surface area contributed by atoms with E-state index < -0.39 is 11.6 Å². The molecule has 1 saturated heterocycles. The highest BCUT2D eigenvalue weighted by molar-refractivity contribution is 6.11. The van der Waals surface area contributed by atoms with Crippen LogP contribution in [0.5, 0.6) is 0 Å². The van der Waals surface area contributed by atoms with Crippen molar-refractivity contribution in [3.63, 3.8) is 0 Å². The molecule has 1 fully saturated rings. The number of hydrogen-bond donors (Lipinski definition) is 2. The number of carbonyl (C=O) groups is 3. The summed E-state index contributed by atoms with van der Waals surface area (Å²) in [5.74, 6) is -0.728. The van der Waals surface area contributed by atoms with Gasteiger partial charge in [-0.1, -0.05) is 49.4 Å². The molecule has 2 aliphatic rings. The van der Waals surface area contributed by atoms with Gasteiger partial charge in [0, 0.05) is 5.69 Å². The van der Waals surface area contributed by atoms with Gasteiger partial charge in [-0.05, 0) is 48.4 Å². The molecule has 1 spiro atoms. The maximum atomic E-state index is 13.1. The van der Waals surface area contributed by atoms with Gasteiger partial charge in [-0.25, -0.2) is 4.79 Å². The Morgan fingerprint density at radius 2 is 1.96 bits per heavy atom. The molecule has 1 atom stereocenters. The first-order chi connectivity index (χ1) is 13.5. The second-order valence-corrected chi connectivity index (χ2v) is 7.39. The summed E-state index contributed by atoms with van der Waals surface area (Å²) in [6, 6.07) is 13.0. The van der Waals surface area contributed by atoms with Crippen molar-refractivity contribution in [2.24, 2.45) is 0 Å². The minimum atomic E-state index is -1.04. The van der Waals surface area contributed by atoms with Crippen LogP contribution in [0.15, 0.2) is 42.5 Å². The lowest BCUT2D eigenvalue weighted by Gasteiger charge is -2.22. The molecule has 4 rings (SSSR count). The third-order valence-corrected chi connectivity index (χ3v) is 5.73. The summed E-state index contributed by atoms with van der Waals surface area (Å²) in [6.07, 6.45) is 2.03. The number of carbonyl (C=O) groups excluding carboxylic acids is 3. The van der Waals surface area contributed by atoms with Gasteiger partial charge in [-0.2, -0.15) is 0 Å². The third kappa shape index (κ3) is 2.76. The predicted octanol–water partition coefficient (Wildman–Crippen LogP) is 2.89. The number of hydrogen-bond acceptors (Lipinski definition) is 3. The Kier molecular flexibility index (Phi) is 4.41. The van der Waals surface area contributed by atoms with Crippen LogP contribution >= 0.6 is 0 Å². The van der Waals surface area contributed by atoms with Crippen LogP contribution in [0.25, 0.3) is 0 Å². The van der Waals surface area contributed by atoms with Crippen LogP contribution < -0.4 is 10.6 Å². The highest BCUT2D eigenvalue weighted by atomic mass is 16.2. The zero-order chi connectivity index (χ0) is 19.9. The highest BCUT2D eigenvalue weighted by Crippen LogP contribution is 2.41. The lowest BCUT2D eigenvalue weighted by atomic mass is 9.92. The number of imide groups is 1. The van der Waals surface area contributed by atoms with Crippen LogP contribution in [0.1, 0.15) is 35.6 Å². The molecular formula is C22H23N3O3. The largest absolute Gasteiger partial charge is 0.325 e.